The Labute approximate surface area is 162 Å². The number of ether oxygens (including phenoxy) is 1. The molecule has 0 aliphatic heterocycles. The van der Waals surface area contributed by atoms with E-state index >= 15 is 0 Å². The summed E-state index contributed by atoms with van der Waals surface area (Å²) in [7, 11) is 0. The molecule has 7 atom stereocenters. The molecule has 0 aromatic carbocycles. The normalized spacial score (nSPS) is 48.0. The lowest BCUT2D eigenvalue weighted by atomic mass is 9.49. The minimum atomic E-state index is -0.988. The Morgan fingerprint density at radius 2 is 2.19 bits per heavy atom. The van der Waals surface area contributed by atoms with E-state index in [1.54, 1.807) is 6.08 Å². The number of fused-ring (bicyclic) bond motifs is 5. The molecule has 146 valence electrons. The molecule has 0 radical (unpaired) electrons. The topological polar surface area (TPSA) is 46.5 Å². The molecular formula is C24H32O3. The summed E-state index contributed by atoms with van der Waals surface area (Å²) < 4.78 is 5.02. The fraction of sp³-hybridized carbons (Fsp3) is 0.667. The van der Waals surface area contributed by atoms with E-state index in [0.29, 0.717) is 17.8 Å². The molecule has 4 aliphatic rings. The highest BCUT2D eigenvalue weighted by Gasteiger charge is 2.63. The SMILES string of the molecule is CC(=O)OC=C[C@@]1(O)[C@@H](C)C[C@H]2[C@@H]3CCC4=C=CCC[C@]4(C)[C@H]3C=C[C@@]21C. The van der Waals surface area contributed by atoms with Crippen molar-refractivity contribution < 1.29 is 14.6 Å². The minimum absolute atomic E-state index is 0.124. The van der Waals surface area contributed by atoms with Crippen molar-refractivity contribution in [1.29, 1.82) is 0 Å². The third kappa shape index (κ3) is 2.55. The second-order valence-electron chi connectivity index (χ2n) is 9.63. The van der Waals surface area contributed by atoms with E-state index in [-0.39, 0.29) is 22.7 Å². The summed E-state index contributed by atoms with van der Waals surface area (Å²) in [5.41, 5.74) is 3.98. The lowest BCUT2D eigenvalue weighted by Crippen LogP contribution is -2.52. The molecule has 0 saturated heterocycles. The molecule has 0 amide bonds. The number of hydrogen-bond acceptors (Lipinski definition) is 3. The first-order valence-electron chi connectivity index (χ1n) is 10.4. The van der Waals surface area contributed by atoms with Crippen LogP contribution in [0.2, 0.25) is 0 Å². The summed E-state index contributed by atoms with van der Waals surface area (Å²) in [6.07, 6.45) is 15.6. The Morgan fingerprint density at radius 1 is 1.41 bits per heavy atom. The van der Waals surface area contributed by atoms with Crippen LogP contribution in [0.5, 0.6) is 0 Å². The highest BCUT2D eigenvalue weighted by molar-refractivity contribution is 5.66. The number of esters is 1. The van der Waals surface area contributed by atoms with Gasteiger partial charge in [0.05, 0.1) is 11.9 Å². The molecule has 0 spiro atoms. The molecule has 3 nitrogen and oxygen atoms in total. The Morgan fingerprint density at radius 3 is 2.93 bits per heavy atom. The van der Waals surface area contributed by atoms with E-state index < -0.39 is 5.60 Å². The maximum atomic E-state index is 11.7. The van der Waals surface area contributed by atoms with Crippen LogP contribution in [0.3, 0.4) is 0 Å². The van der Waals surface area contributed by atoms with Crippen molar-refractivity contribution in [2.45, 2.75) is 65.4 Å². The van der Waals surface area contributed by atoms with Gasteiger partial charge in [-0.15, -0.1) is 5.73 Å². The second kappa shape index (κ2) is 6.22. The summed E-state index contributed by atoms with van der Waals surface area (Å²) in [6.45, 7) is 8.13. The van der Waals surface area contributed by atoms with Crippen molar-refractivity contribution >= 4 is 5.97 Å². The molecule has 0 bridgehead atoms. The second-order valence-corrected chi connectivity index (χ2v) is 9.63. The third-order valence-electron chi connectivity index (χ3n) is 8.41. The number of carbonyl (C=O) groups excluding carboxylic acids is 1. The van der Waals surface area contributed by atoms with Crippen LogP contribution in [0.4, 0.5) is 0 Å². The number of carbonyl (C=O) groups is 1. The maximum absolute atomic E-state index is 11.7. The molecule has 1 N–H and O–H groups in total. The fourth-order valence-corrected chi connectivity index (χ4v) is 6.77. The summed E-state index contributed by atoms with van der Waals surface area (Å²) in [5.74, 6) is 1.34. The van der Waals surface area contributed by atoms with Gasteiger partial charge in [-0.1, -0.05) is 32.9 Å². The molecule has 3 heteroatoms. The van der Waals surface area contributed by atoms with Crippen LogP contribution in [-0.4, -0.2) is 16.7 Å². The van der Waals surface area contributed by atoms with Gasteiger partial charge in [0.15, 0.2) is 0 Å². The lowest BCUT2D eigenvalue weighted by Gasteiger charge is -2.55. The first-order valence-corrected chi connectivity index (χ1v) is 10.4. The molecule has 2 saturated carbocycles. The van der Waals surface area contributed by atoms with E-state index in [1.807, 2.05) is 0 Å². The first kappa shape index (κ1) is 18.8. The highest BCUT2D eigenvalue weighted by Crippen LogP contribution is 2.66. The highest BCUT2D eigenvalue weighted by atomic mass is 16.5. The average Bonchev–Trinajstić information content (AvgIpc) is 2.81. The van der Waals surface area contributed by atoms with Gasteiger partial charge in [0.25, 0.3) is 0 Å². The predicted octanol–water partition coefficient (Wildman–Crippen LogP) is 4.93. The molecule has 27 heavy (non-hydrogen) atoms. The van der Waals surface area contributed by atoms with Crippen LogP contribution in [0, 0.1) is 34.5 Å². The van der Waals surface area contributed by atoms with Crippen LogP contribution in [-0.2, 0) is 9.53 Å². The Bertz CT molecular complexity index is 770. The standard InChI is InChI=1S/C24H32O3/c1-16-15-21-19-9-8-18-7-5-6-11-22(18,3)20(19)10-12-23(21,4)24(16,26)13-14-27-17(2)25/h5,10,12-14,16,19-21,26H,6,8-9,11,15H2,1-4H3/t16-,19+,20-,21-,22-,23-,24+/m0/s1. The molecule has 0 unspecified atom stereocenters. The molecule has 0 heterocycles. The fourth-order valence-electron chi connectivity index (χ4n) is 6.77. The van der Waals surface area contributed by atoms with Gasteiger partial charge in [-0.25, -0.2) is 0 Å². The number of allylic oxidation sites excluding steroid dienone is 2. The molecular weight excluding hydrogens is 336 g/mol. The van der Waals surface area contributed by atoms with Crippen molar-refractivity contribution in [3.05, 3.63) is 41.9 Å². The van der Waals surface area contributed by atoms with Gasteiger partial charge >= 0.3 is 5.97 Å². The van der Waals surface area contributed by atoms with Crippen LogP contribution in [0.1, 0.15) is 59.8 Å². The Kier molecular flexibility index (Phi) is 4.33. The third-order valence-corrected chi connectivity index (χ3v) is 8.41. The minimum Gasteiger partial charge on any atom is -0.435 e. The monoisotopic (exact) mass is 368 g/mol. The van der Waals surface area contributed by atoms with Crippen molar-refractivity contribution in [1.82, 2.24) is 0 Å². The van der Waals surface area contributed by atoms with Gasteiger partial charge in [-0.2, -0.15) is 0 Å². The van der Waals surface area contributed by atoms with Crippen molar-refractivity contribution in [3.8, 4) is 0 Å². The van der Waals surface area contributed by atoms with Crippen LogP contribution in [0.15, 0.2) is 41.9 Å². The quantitative estimate of drug-likeness (QED) is 0.325. The van der Waals surface area contributed by atoms with Crippen LogP contribution < -0.4 is 0 Å². The number of aliphatic hydroxyl groups is 1. The van der Waals surface area contributed by atoms with Gasteiger partial charge in [-0.05, 0) is 73.5 Å². The lowest BCUT2D eigenvalue weighted by molar-refractivity contribution is -0.135. The van der Waals surface area contributed by atoms with Crippen molar-refractivity contribution in [2.24, 2.45) is 34.5 Å². The van der Waals surface area contributed by atoms with E-state index in [4.69, 9.17) is 4.74 Å². The zero-order valence-corrected chi connectivity index (χ0v) is 17.0. The van der Waals surface area contributed by atoms with E-state index in [2.05, 4.69) is 44.7 Å². The summed E-state index contributed by atoms with van der Waals surface area (Å²) in [4.78, 5) is 11.1. The zero-order valence-electron chi connectivity index (χ0n) is 17.0. The summed E-state index contributed by atoms with van der Waals surface area (Å²) >= 11 is 0. The zero-order chi connectivity index (χ0) is 19.4. The molecule has 0 aromatic heterocycles. The Hall–Kier alpha value is -1.57. The number of hydrogen-bond donors (Lipinski definition) is 1. The van der Waals surface area contributed by atoms with E-state index in [1.165, 1.54) is 31.6 Å². The molecule has 0 aromatic rings. The predicted molar refractivity (Wildman–Crippen MR) is 106 cm³/mol. The number of rotatable bonds is 2. The van der Waals surface area contributed by atoms with Crippen LogP contribution in [0.25, 0.3) is 0 Å². The smallest absolute Gasteiger partial charge is 0.307 e. The van der Waals surface area contributed by atoms with Crippen molar-refractivity contribution in [3.63, 3.8) is 0 Å². The van der Waals surface area contributed by atoms with E-state index in [9.17, 15) is 9.90 Å². The first-order chi connectivity index (χ1) is 12.7. The van der Waals surface area contributed by atoms with Crippen LogP contribution >= 0.6 is 0 Å². The van der Waals surface area contributed by atoms with Gasteiger partial charge < -0.3 is 9.84 Å². The van der Waals surface area contributed by atoms with E-state index in [0.717, 1.165) is 19.3 Å². The largest absolute Gasteiger partial charge is 0.435 e. The van der Waals surface area contributed by atoms with Gasteiger partial charge in [0, 0.05) is 17.8 Å². The van der Waals surface area contributed by atoms with Gasteiger partial charge in [0.2, 0.25) is 0 Å². The molecule has 4 rings (SSSR count). The van der Waals surface area contributed by atoms with Crippen molar-refractivity contribution in [2.75, 3.05) is 0 Å². The maximum Gasteiger partial charge on any atom is 0.307 e. The average molecular weight is 369 g/mol. The van der Waals surface area contributed by atoms with Gasteiger partial charge in [0.1, 0.15) is 0 Å². The summed E-state index contributed by atoms with van der Waals surface area (Å²) in [6, 6.07) is 0. The molecule has 2 fully saturated rings. The molecule has 4 aliphatic carbocycles. The Balaban J connectivity index is 1.72. The summed E-state index contributed by atoms with van der Waals surface area (Å²) in [5, 5.41) is 11.7. The van der Waals surface area contributed by atoms with Gasteiger partial charge in [-0.3, -0.25) is 4.79 Å².